The standard InChI is InChI=1S/C27H27N3O5/c1-5-12-34-23-9-6-19(7-10-23)13-22(17-29)27(32)35-24-11-8-20(15-25(24)33-4)14-21(16-28)26(31)30-18(2)3/h6-11,13-15,18H,5,12H2,1-4H3,(H,30,31)/b21-14+,22-13+. The molecule has 2 aromatic rings. The highest BCUT2D eigenvalue weighted by Crippen LogP contribution is 2.30. The van der Waals surface area contributed by atoms with Crippen molar-refractivity contribution in [3.63, 3.8) is 0 Å². The second-order valence-corrected chi connectivity index (χ2v) is 7.69. The van der Waals surface area contributed by atoms with E-state index in [4.69, 9.17) is 14.2 Å². The maximum atomic E-state index is 12.6. The zero-order valence-electron chi connectivity index (χ0n) is 20.1. The fraction of sp³-hybridized carbons (Fsp3) is 0.259. The average molecular weight is 474 g/mol. The number of hydrogen-bond donors (Lipinski definition) is 1. The molecule has 0 atom stereocenters. The lowest BCUT2D eigenvalue weighted by Crippen LogP contribution is -2.30. The van der Waals surface area contributed by atoms with E-state index in [-0.39, 0.29) is 28.7 Å². The molecule has 35 heavy (non-hydrogen) atoms. The number of carbonyl (C=O) groups excluding carboxylic acids is 2. The summed E-state index contributed by atoms with van der Waals surface area (Å²) >= 11 is 0. The first-order chi connectivity index (χ1) is 16.8. The molecule has 1 N–H and O–H groups in total. The zero-order chi connectivity index (χ0) is 25.8. The summed E-state index contributed by atoms with van der Waals surface area (Å²) in [5.41, 5.74) is 0.860. The maximum Gasteiger partial charge on any atom is 0.354 e. The Bertz CT molecular complexity index is 1200. The third-order valence-corrected chi connectivity index (χ3v) is 4.49. The van der Waals surface area contributed by atoms with Crippen molar-refractivity contribution in [2.24, 2.45) is 0 Å². The Hall–Kier alpha value is -4.56. The predicted octanol–water partition coefficient (Wildman–Crippen LogP) is 4.43. The number of carbonyl (C=O) groups is 2. The van der Waals surface area contributed by atoms with Crippen LogP contribution in [0.4, 0.5) is 0 Å². The normalized spacial score (nSPS) is 11.3. The Morgan fingerprint density at radius 2 is 1.60 bits per heavy atom. The number of nitrogens with zero attached hydrogens (tertiary/aromatic N) is 2. The van der Waals surface area contributed by atoms with Gasteiger partial charge in [0.2, 0.25) is 0 Å². The van der Waals surface area contributed by atoms with Gasteiger partial charge >= 0.3 is 5.97 Å². The van der Waals surface area contributed by atoms with Crippen molar-refractivity contribution in [3.05, 3.63) is 64.7 Å². The minimum Gasteiger partial charge on any atom is -0.494 e. The smallest absolute Gasteiger partial charge is 0.354 e. The monoisotopic (exact) mass is 473 g/mol. The van der Waals surface area contributed by atoms with Crippen LogP contribution in [-0.2, 0) is 9.59 Å². The molecule has 0 aliphatic rings. The number of esters is 1. The van der Waals surface area contributed by atoms with Gasteiger partial charge in [0.15, 0.2) is 11.5 Å². The van der Waals surface area contributed by atoms with Crippen molar-refractivity contribution in [2.75, 3.05) is 13.7 Å². The lowest BCUT2D eigenvalue weighted by Gasteiger charge is -2.10. The minimum atomic E-state index is -0.852. The molecule has 0 unspecified atom stereocenters. The molecule has 0 fully saturated rings. The van der Waals surface area contributed by atoms with Crippen molar-refractivity contribution in [3.8, 4) is 29.4 Å². The molecule has 1 amide bonds. The van der Waals surface area contributed by atoms with Gasteiger partial charge in [-0.3, -0.25) is 4.79 Å². The summed E-state index contributed by atoms with van der Waals surface area (Å²) in [6.45, 7) is 6.20. The fourth-order valence-electron chi connectivity index (χ4n) is 2.85. The Morgan fingerprint density at radius 3 is 2.17 bits per heavy atom. The summed E-state index contributed by atoms with van der Waals surface area (Å²) in [7, 11) is 1.39. The Balaban J connectivity index is 2.22. The quantitative estimate of drug-likeness (QED) is 0.234. The van der Waals surface area contributed by atoms with Crippen LogP contribution in [0.15, 0.2) is 53.6 Å². The van der Waals surface area contributed by atoms with Crippen molar-refractivity contribution >= 4 is 24.0 Å². The van der Waals surface area contributed by atoms with E-state index in [0.717, 1.165) is 6.42 Å². The summed E-state index contributed by atoms with van der Waals surface area (Å²) in [5.74, 6) is -0.363. The first-order valence-corrected chi connectivity index (χ1v) is 11.0. The van der Waals surface area contributed by atoms with E-state index in [1.54, 1.807) is 44.2 Å². The third-order valence-electron chi connectivity index (χ3n) is 4.49. The van der Waals surface area contributed by atoms with Crippen molar-refractivity contribution in [1.29, 1.82) is 10.5 Å². The van der Waals surface area contributed by atoms with Crippen molar-refractivity contribution in [1.82, 2.24) is 5.32 Å². The molecule has 0 spiro atoms. The van der Waals surface area contributed by atoms with Gasteiger partial charge in [0.25, 0.3) is 5.91 Å². The minimum absolute atomic E-state index is 0.0775. The largest absolute Gasteiger partial charge is 0.494 e. The Labute approximate surface area is 205 Å². The molecule has 8 nitrogen and oxygen atoms in total. The van der Waals surface area contributed by atoms with E-state index in [1.807, 2.05) is 19.1 Å². The molecule has 2 aromatic carbocycles. The topological polar surface area (TPSA) is 121 Å². The van der Waals surface area contributed by atoms with E-state index < -0.39 is 11.9 Å². The molecule has 0 bridgehead atoms. The van der Waals surface area contributed by atoms with Crippen LogP contribution in [0.2, 0.25) is 0 Å². The maximum absolute atomic E-state index is 12.6. The van der Waals surface area contributed by atoms with Gasteiger partial charge in [0.05, 0.1) is 13.7 Å². The summed E-state index contributed by atoms with van der Waals surface area (Å²) in [6.07, 6.45) is 3.71. The molecule has 0 aliphatic heterocycles. The van der Waals surface area contributed by atoms with E-state index in [9.17, 15) is 20.1 Å². The molecule has 0 aliphatic carbocycles. The molecular weight excluding hydrogens is 446 g/mol. The summed E-state index contributed by atoms with van der Waals surface area (Å²) in [5, 5.41) is 21.4. The van der Waals surface area contributed by atoms with Gasteiger partial charge in [-0.1, -0.05) is 25.1 Å². The van der Waals surface area contributed by atoms with Gasteiger partial charge < -0.3 is 19.5 Å². The van der Waals surface area contributed by atoms with E-state index >= 15 is 0 Å². The van der Waals surface area contributed by atoms with Crippen LogP contribution in [0.1, 0.15) is 38.3 Å². The number of amides is 1. The highest BCUT2D eigenvalue weighted by molar-refractivity contribution is 6.02. The van der Waals surface area contributed by atoms with Crippen LogP contribution in [0.25, 0.3) is 12.2 Å². The molecule has 0 saturated heterocycles. The first-order valence-electron chi connectivity index (χ1n) is 11.0. The lowest BCUT2D eigenvalue weighted by molar-refractivity contribution is -0.129. The van der Waals surface area contributed by atoms with Crippen molar-refractivity contribution < 1.29 is 23.8 Å². The SMILES string of the molecule is CCCOc1ccc(/C=C(\C#N)C(=O)Oc2ccc(/C=C(\C#N)C(=O)NC(C)C)cc2OC)cc1. The molecule has 0 saturated carbocycles. The molecule has 180 valence electrons. The van der Waals surface area contributed by atoms with Gasteiger partial charge in [-0.15, -0.1) is 0 Å². The number of benzene rings is 2. The second-order valence-electron chi connectivity index (χ2n) is 7.69. The molecular formula is C27H27N3O5. The molecule has 0 aromatic heterocycles. The van der Waals surface area contributed by atoms with Crippen molar-refractivity contribution in [2.45, 2.75) is 33.2 Å². The number of methoxy groups -OCH3 is 1. The fourth-order valence-corrected chi connectivity index (χ4v) is 2.85. The molecule has 0 heterocycles. The van der Waals surface area contributed by atoms with Crippen LogP contribution < -0.4 is 19.5 Å². The van der Waals surface area contributed by atoms with Gasteiger partial charge in [0.1, 0.15) is 29.0 Å². The molecule has 8 heteroatoms. The van der Waals surface area contributed by atoms with Crippen LogP contribution in [0, 0.1) is 22.7 Å². The van der Waals surface area contributed by atoms with Crippen LogP contribution in [0.3, 0.4) is 0 Å². The highest BCUT2D eigenvalue weighted by atomic mass is 16.6. The van der Waals surface area contributed by atoms with E-state index in [2.05, 4.69) is 5.32 Å². The highest BCUT2D eigenvalue weighted by Gasteiger charge is 2.16. The third kappa shape index (κ3) is 8.06. The van der Waals surface area contributed by atoms with E-state index in [1.165, 1.54) is 31.4 Å². The molecule has 2 rings (SSSR count). The zero-order valence-corrected chi connectivity index (χ0v) is 20.1. The number of nitriles is 2. The summed E-state index contributed by atoms with van der Waals surface area (Å²) in [6, 6.07) is 15.1. The van der Waals surface area contributed by atoms with Crippen LogP contribution >= 0.6 is 0 Å². The number of nitrogens with one attached hydrogen (secondary N) is 1. The van der Waals surface area contributed by atoms with Gasteiger partial charge in [0, 0.05) is 6.04 Å². The van der Waals surface area contributed by atoms with Gasteiger partial charge in [-0.25, -0.2) is 4.79 Å². The summed E-state index contributed by atoms with van der Waals surface area (Å²) < 4.78 is 16.2. The Morgan fingerprint density at radius 1 is 0.971 bits per heavy atom. The van der Waals surface area contributed by atoms with Gasteiger partial charge in [-0.2, -0.15) is 10.5 Å². The lowest BCUT2D eigenvalue weighted by atomic mass is 10.1. The van der Waals surface area contributed by atoms with Crippen LogP contribution in [0.5, 0.6) is 17.2 Å². The number of hydrogen-bond acceptors (Lipinski definition) is 7. The number of ether oxygens (including phenoxy) is 3. The van der Waals surface area contributed by atoms with Crippen LogP contribution in [-0.4, -0.2) is 31.6 Å². The van der Waals surface area contributed by atoms with Gasteiger partial charge in [-0.05, 0) is 67.8 Å². The second kappa shape index (κ2) is 13.2. The Kier molecular flexibility index (Phi) is 10.1. The average Bonchev–Trinajstić information content (AvgIpc) is 2.85. The predicted molar refractivity (Wildman–Crippen MR) is 131 cm³/mol. The van der Waals surface area contributed by atoms with E-state index in [0.29, 0.717) is 23.5 Å². The number of rotatable bonds is 10. The summed E-state index contributed by atoms with van der Waals surface area (Å²) in [4.78, 5) is 24.8. The molecule has 0 radical (unpaired) electrons. The first kappa shape index (κ1) is 26.7.